The fourth-order valence-electron chi connectivity index (χ4n) is 4.49. The fourth-order valence-corrected chi connectivity index (χ4v) is 4.49. The van der Waals surface area contributed by atoms with Gasteiger partial charge in [0.25, 0.3) is 0 Å². The summed E-state index contributed by atoms with van der Waals surface area (Å²) < 4.78 is 18.1. The van der Waals surface area contributed by atoms with Crippen molar-refractivity contribution in [1.29, 1.82) is 0 Å². The third kappa shape index (κ3) is 3.59. The van der Waals surface area contributed by atoms with Crippen molar-refractivity contribution in [2.45, 2.75) is 18.6 Å². The molecule has 3 aromatic rings. The molecule has 0 aliphatic carbocycles. The molecule has 3 saturated heterocycles. The van der Waals surface area contributed by atoms with Crippen LogP contribution in [-0.4, -0.2) is 89.2 Å². The number of amides is 1. The maximum atomic E-state index is 12.3. The van der Waals surface area contributed by atoms with E-state index >= 15 is 0 Å². The molecule has 10 heteroatoms. The molecule has 6 heterocycles. The molecule has 0 unspecified atom stereocenters. The van der Waals surface area contributed by atoms with Crippen LogP contribution in [0, 0.1) is 0 Å². The molecule has 0 aromatic carbocycles. The monoisotopic (exact) mass is 438 g/mol. The van der Waals surface area contributed by atoms with E-state index in [0.717, 1.165) is 60.8 Å². The van der Waals surface area contributed by atoms with Crippen LogP contribution in [0.3, 0.4) is 0 Å². The summed E-state index contributed by atoms with van der Waals surface area (Å²) in [5, 5.41) is 1.06. The van der Waals surface area contributed by atoms with Crippen molar-refractivity contribution in [2.24, 2.45) is 0 Å². The molecule has 1 N–H and O–H groups in total. The highest BCUT2D eigenvalue weighted by atomic mass is 16.6. The molecule has 0 radical (unpaired) electrons. The second-order valence-electron chi connectivity index (χ2n) is 8.52. The molecular formula is C22H26N6O4. The van der Waals surface area contributed by atoms with Gasteiger partial charge in [0, 0.05) is 56.3 Å². The van der Waals surface area contributed by atoms with E-state index in [4.69, 9.17) is 14.2 Å². The topological polar surface area (TPSA) is 97.7 Å². The van der Waals surface area contributed by atoms with E-state index in [1.165, 1.54) is 0 Å². The number of nitrogens with zero attached hydrogens (tertiary/aromatic N) is 5. The summed E-state index contributed by atoms with van der Waals surface area (Å²) in [5.74, 6) is 0. The maximum absolute atomic E-state index is 12.3. The van der Waals surface area contributed by atoms with Gasteiger partial charge in [0.05, 0.1) is 37.9 Å². The Kier molecular flexibility index (Phi) is 4.95. The summed E-state index contributed by atoms with van der Waals surface area (Å²) in [6, 6.07) is 4.51. The van der Waals surface area contributed by atoms with E-state index in [2.05, 4.69) is 36.7 Å². The third-order valence-electron chi connectivity index (χ3n) is 6.47. The molecule has 0 saturated carbocycles. The second kappa shape index (κ2) is 8.10. The normalized spacial score (nSPS) is 21.8. The van der Waals surface area contributed by atoms with E-state index in [-0.39, 0.29) is 12.2 Å². The molecule has 3 aliphatic rings. The lowest BCUT2D eigenvalue weighted by molar-refractivity contribution is -0.104. The summed E-state index contributed by atoms with van der Waals surface area (Å²) in [6.45, 7) is 5.29. The fraction of sp³-hybridized carbons (Fsp3) is 0.500. The first-order valence-corrected chi connectivity index (χ1v) is 11.1. The lowest BCUT2D eigenvalue weighted by atomic mass is 10.2. The summed E-state index contributed by atoms with van der Waals surface area (Å²) in [5.41, 5.74) is 3.79. The molecule has 10 nitrogen and oxygen atoms in total. The smallest absolute Gasteiger partial charge is 0.410 e. The van der Waals surface area contributed by atoms with Gasteiger partial charge in [-0.1, -0.05) is 0 Å². The van der Waals surface area contributed by atoms with Crippen LogP contribution in [0.5, 0.6) is 0 Å². The van der Waals surface area contributed by atoms with Gasteiger partial charge in [0.1, 0.15) is 11.3 Å². The van der Waals surface area contributed by atoms with Gasteiger partial charge in [0.2, 0.25) is 0 Å². The van der Waals surface area contributed by atoms with Crippen molar-refractivity contribution in [2.75, 3.05) is 57.5 Å². The predicted octanol–water partition coefficient (Wildman–Crippen LogP) is 2.05. The summed E-state index contributed by atoms with van der Waals surface area (Å²) >= 11 is 0. The Hall–Kier alpha value is -3.11. The van der Waals surface area contributed by atoms with Gasteiger partial charge >= 0.3 is 6.09 Å². The van der Waals surface area contributed by atoms with Crippen molar-refractivity contribution in [1.82, 2.24) is 24.4 Å². The van der Waals surface area contributed by atoms with Crippen LogP contribution in [0.25, 0.3) is 22.4 Å². The van der Waals surface area contributed by atoms with Crippen LogP contribution in [0.4, 0.5) is 10.5 Å². The maximum Gasteiger partial charge on any atom is 0.410 e. The number of piperazine rings is 1. The number of H-pyrrole nitrogens is 1. The number of aromatic nitrogens is 4. The van der Waals surface area contributed by atoms with Crippen LogP contribution in [-0.2, 0) is 14.2 Å². The number of carbonyl (C=O) groups is 1. The number of pyridine rings is 1. The Labute approximate surface area is 185 Å². The van der Waals surface area contributed by atoms with Gasteiger partial charge < -0.3 is 33.6 Å². The van der Waals surface area contributed by atoms with Gasteiger partial charge in [-0.3, -0.25) is 0 Å². The molecule has 3 aromatic heterocycles. The number of hydrogen-bond acceptors (Lipinski definition) is 7. The zero-order valence-electron chi connectivity index (χ0n) is 17.8. The Morgan fingerprint density at radius 1 is 1.12 bits per heavy atom. The summed E-state index contributed by atoms with van der Waals surface area (Å²) in [6.07, 6.45) is 6.45. The zero-order valence-corrected chi connectivity index (χ0v) is 17.8. The lowest BCUT2D eigenvalue weighted by Gasteiger charge is -2.37. The quantitative estimate of drug-likeness (QED) is 0.666. The number of aromatic amines is 1. The van der Waals surface area contributed by atoms with Crippen LogP contribution in [0.15, 0.2) is 30.9 Å². The molecule has 1 atom stereocenters. The van der Waals surface area contributed by atoms with Crippen molar-refractivity contribution in [3.8, 4) is 11.4 Å². The molecule has 0 spiro atoms. The molecule has 0 bridgehead atoms. The lowest BCUT2D eigenvalue weighted by Crippen LogP contribution is -2.51. The first-order valence-electron chi connectivity index (χ1n) is 11.1. The van der Waals surface area contributed by atoms with E-state index < -0.39 is 0 Å². The summed E-state index contributed by atoms with van der Waals surface area (Å²) in [7, 11) is 0. The largest absolute Gasteiger partial charge is 0.441 e. The summed E-state index contributed by atoms with van der Waals surface area (Å²) in [4.78, 5) is 28.9. The Balaban J connectivity index is 1.18. The Morgan fingerprint density at radius 3 is 2.75 bits per heavy atom. The third-order valence-corrected chi connectivity index (χ3v) is 6.47. The van der Waals surface area contributed by atoms with E-state index in [0.29, 0.717) is 32.3 Å². The van der Waals surface area contributed by atoms with Gasteiger partial charge in [-0.05, 0) is 18.6 Å². The number of rotatable bonds is 4. The highest BCUT2D eigenvalue weighted by molar-refractivity contribution is 5.93. The molecule has 6 rings (SSSR count). The molecule has 1 amide bonds. The highest BCUT2D eigenvalue weighted by Crippen LogP contribution is 2.31. The average Bonchev–Trinajstić information content (AvgIpc) is 3.55. The van der Waals surface area contributed by atoms with E-state index in [9.17, 15) is 4.79 Å². The van der Waals surface area contributed by atoms with Crippen molar-refractivity contribution in [3.63, 3.8) is 0 Å². The number of carbonyl (C=O) groups excluding carboxylic acids is 1. The minimum absolute atomic E-state index is 0.0942. The molecule has 168 valence electrons. The van der Waals surface area contributed by atoms with Gasteiger partial charge in [-0.25, -0.2) is 14.8 Å². The van der Waals surface area contributed by atoms with Crippen LogP contribution < -0.4 is 4.90 Å². The van der Waals surface area contributed by atoms with Gasteiger partial charge in [-0.2, -0.15) is 0 Å². The number of nitrogens with one attached hydrogen (secondary N) is 1. The number of fused-ring (bicyclic) bond motifs is 1. The van der Waals surface area contributed by atoms with Crippen LogP contribution in [0.2, 0.25) is 0 Å². The standard InChI is InChI=1S/C22H26N6O4/c29-22(32-16-12-31-13-16)27-6-4-26(5-7-27)20-1-3-23-21-17(20)9-18(25-21)19-10-28(14-24-19)15-2-8-30-11-15/h1,3,9-10,14-16H,2,4-8,11-13H2,(H,23,25)/t15-/m0/s1. The molecule has 3 aliphatic heterocycles. The number of anilines is 1. The first-order chi connectivity index (χ1) is 15.7. The molecular weight excluding hydrogens is 412 g/mol. The van der Waals surface area contributed by atoms with E-state index in [1.54, 1.807) is 4.90 Å². The highest BCUT2D eigenvalue weighted by Gasteiger charge is 2.28. The average molecular weight is 438 g/mol. The zero-order chi connectivity index (χ0) is 21.5. The van der Waals surface area contributed by atoms with E-state index in [1.807, 2.05) is 18.6 Å². The SMILES string of the molecule is O=C(OC1COC1)N1CCN(c2ccnc3[nH]c(-c4cn([C@H]5CCOC5)cn4)cc23)CC1. The van der Waals surface area contributed by atoms with Crippen molar-refractivity contribution < 1.29 is 19.0 Å². The van der Waals surface area contributed by atoms with Crippen LogP contribution in [0.1, 0.15) is 12.5 Å². The first kappa shape index (κ1) is 19.6. The predicted molar refractivity (Wildman–Crippen MR) is 117 cm³/mol. The Bertz CT molecular complexity index is 1110. The molecule has 3 fully saturated rings. The van der Waals surface area contributed by atoms with Gasteiger partial charge in [0.15, 0.2) is 6.10 Å². The van der Waals surface area contributed by atoms with Crippen LogP contribution >= 0.6 is 0 Å². The number of imidazole rings is 1. The van der Waals surface area contributed by atoms with Crippen molar-refractivity contribution >= 4 is 22.8 Å². The minimum Gasteiger partial charge on any atom is -0.441 e. The molecule has 32 heavy (non-hydrogen) atoms. The minimum atomic E-state index is -0.245. The number of hydrogen-bond donors (Lipinski definition) is 1. The second-order valence-corrected chi connectivity index (χ2v) is 8.52. The van der Waals surface area contributed by atoms with Crippen molar-refractivity contribution in [3.05, 3.63) is 30.9 Å². The number of ether oxygens (including phenoxy) is 3. The van der Waals surface area contributed by atoms with Gasteiger partial charge in [-0.15, -0.1) is 0 Å². The Morgan fingerprint density at radius 2 is 2.00 bits per heavy atom.